The largest absolute Gasteiger partial charge is 0.350 e. The minimum atomic E-state index is 0.0614. The Labute approximate surface area is 122 Å². The summed E-state index contributed by atoms with van der Waals surface area (Å²) in [5, 5.41) is 3.24. The van der Waals surface area contributed by atoms with Gasteiger partial charge in [-0.2, -0.15) is 0 Å². The standard InChI is InChI=1S/C18H27NO/c1-3-4-5-6-17(20)19-13(2)18-10-14-7-15(11-18)9-16(8-14)12-18/h3-6,13-16H,7-12H2,1-2H3,(H,19,20)/b4-3+,6-5+. The van der Waals surface area contributed by atoms with Gasteiger partial charge in [-0.1, -0.05) is 18.2 Å². The summed E-state index contributed by atoms with van der Waals surface area (Å²) < 4.78 is 0. The van der Waals surface area contributed by atoms with Crippen molar-refractivity contribution in [2.45, 2.75) is 58.4 Å². The van der Waals surface area contributed by atoms with Crippen LogP contribution >= 0.6 is 0 Å². The van der Waals surface area contributed by atoms with E-state index in [0.717, 1.165) is 17.8 Å². The number of hydrogen-bond acceptors (Lipinski definition) is 1. The van der Waals surface area contributed by atoms with Crippen LogP contribution in [0, 0.1) is 23.2 Å². The first-order valence-corrected chi connectivity index (χ1v) is 8.21. The van der Waals surface area contributed by atoms with Crippen LogP contribution in [0.2, 0.25) is 0 Å². The van der Waals surface area contributed by atoms with Gasteiger partial charge in [0.25, 0.3) is 0 Å². The zero-order valence-electron chi connectivity index (χ0n) is 12.8. The first kappa shape index (κ1) is 13.9. The normalized spacial score (nSPS) is 40.6. The molecular formula is C18H27NO. The second kappa shape index (κ2) is 5.38. The van der Waals surface area contributed by atoms with E-state index < -0.39 is 0 Å². The molecule has 0 radical (unpaired) electrons. The molecule has 20 heavy (non-hydrogen) atoms. The van der Waals surface area contributed by atoms with Crippen molar-refractivity contribution in [1.29, 1.82) is 0 Å². The summed E-state index contributed by atoms with van der Waals surface area (Å²) in [6.45, 7) is 4.19. The van der Waals surface area contributed by atoms with Gasteiger partial charge in [0, 0.05) is 12.1 Å². The molecule has 4 rings (SSSR count). The van der Waals surface area contributed by atoms with E-state index in [4.69, 9.17) is 0 Å². The van der Waals surface area contributed by atoms with Gasteiger partial charge >= 0.3 is 0 Å². The van der Waals surface area contributed by atoms with Crippen LogP contribution in [0.1, 0.15) is 52.4 Å². The van der Waals surface area contributed by atoms with E-state index in [1.165, 1.54) is 38.5 Å². The summed E-state index contributed by atoms with van der Waals surface area (Å²) in [5.41, 5.74) is 0.402. The fourth-order valence-electron chi connectivity index (χ4n) is 5.38. The molecule has 1 amide bonds. The molecular weight excluding hydrogens is 246 g/mol. The highest BCUT2D eigenvalue weighted by Crippen LogP contribution is 2.61. The van der Waals surface area contributed by atoms with Crippen LogP contribution in [0.5, 0.6) is 0 Å². The van der Waals surface area contributed by atoms with Crippen molar-refractivity contribution in [3.63, 3.8) is 0 Å². The van der Waals surface area contributed by atoms with Gasteiger partial charge < -0.3 is 5.32 Å². The van der Waals surface area contributed by atoms with Crippen LogP contribution in [-0.2, 0) is 4.79 Å². The molecule has 1 N–H and O–H groups in total. The van der Waals surface area contributed by atoms with Crippen LogP contribution in [0.25, 0.3) is 0 Å². The topological polar surface area (TPSA) is 29.1 Å². The average Bonchev–Trinajstić information content (AvgIpc) is 2.37. The molecule has 4 bridgehead atoms. The number of nitrogens with one attached hydrogen (secondary N) is 1. The number of hydrogen-bond donors (Lipinski definition) is 1. The molecule has 4 aliphatic carbocycles. The van der Waals surface area contributed by atoms with Gasteiger partial charge in [-0.15, -0.1) is 0 Å². The van der Waals surface area contributed by atoms with Crippen molar-refractivity contribution in [2.24, 2.45) is 23.2 Å². The molecule has 1 atom stereocenters. The number of allylic oxidation sites excluding steroid dienone is 3. The van der Waals surface area contributed by atoms with Gasteiger partial charge in [0.15, 0.2) is 0 Å². The highest BCUT2D eigenvalue weighted by molar-refractivity contribution is 5.88. The Hall–Kier alpha value is -1.05. The van der Waals surface area contributed by atoms with Gasteiger partial charge in [-0.3, -0.25) is 4.79 Å². The van der Waals surface area contributed by atoms with Gasteiger partial charge in [-0.25, -0.2) is 0 Å². The predicted octanol–water partition coefficient (Wildman–Crippen LogP) is 3.84. The van der Waals surface area contributed by atoms with Gasteiger partial charge in [0.2, 0.25) is 5.91 Å². The molecule has 2 nitrogen and oxygen atoms in total. The summed E-state index contributed by atoms with van der Waals surface area (Å²) in [6, 6.07) is 0.318. The Balaban J connectivity index is 1.65. The highest BCUT2D eigenvalue weighted by atomic mass is 16.1. The predicted molar refractivity (Wildman–Crippen MR) is 82.2 cm³/mol. The van der Waals surface area contributed by atoms with Crippen molar-refractivity contribution in [1.82, 2.24) is 5.32 Å². The Morgan fingerprint density at radius 2 is 1.65 bits per heavy atom. The molecule has 110 valence electrons. The Bertz CT molecular complexity index is 399. The smallest absolute Gasteiger partial charge is 0.244 e. The van der Waals surface area contributed by atoms with E-state index in [9.17, 15) is 4.79 Å². The Morgan fingerprint density at radius 3 is 2.15 bits per heavy atom. The zero-order valence-corrected chi connectivity index (χ0v) is 12.8. The van der Waals surface area contributed by atoms with Crippen molar-refractivity contribution in [3.8, 4) is 0 Å². The molecule has 0 aromatic carbocycles. The lowest BCUT2D eigenvalue weighted by atomic mass is 9.48. The molecule has 0 aromatic heterocycles. The van der Waals surface area contributed by atoms with E-state index in [1.807, 2.05) is 25.2 Å². The minimum Gasteiger partial charge on any atom is -0.350 e. The van der Waals surface area contributed by atoms with E-state index >= 15 is 0 Å². The fraction of sp³-hybridized carbons (Fsp3) is 0.722. The van der Waals surface area contributed by atoms with Crippen molar-refractivity contribution >= 4 is 5.91 Å². The summed E-state index contributed by atoms with van der Waals surface area (Å²) in [6.07, 6.45) is 15.7. The highest BCUT2D eigenvalue weighted by Gasteiger charge is 2.53. The van der Waals surface area contributed by atoms with Crippen molar-refractivity contribution in [3.05, 3.63) is 24.3 Å². The molecule has 0 aliphatic heterocycles. The second-order valence-electron chi connectivity index (χ2n) is 7.40. The second-order valence-corrected chi connectivity index (χ2v) is 7.40. The average molecular weight is 273 g/mol. The third kappa shape index (κ3) is 2.57. The maximum absolute atomic E-state index is 12.0. The maximum atomic E-state index is 12.0. The van der Waals surface area contributed by atoms with Gasteiger partial charge in [0.05, 0.1) is 0 Å². The summed E-state index contributed by atoms with van der Waals surface area (Å²) in [5.74, 6) is 2.89. The monoisotopic (exact) mass is 273 g/mol. The van der Waals surface area contributed by atoms with Gasteiger partial charge in [-0.05, 0) is 75.5 Å². The van der Waals surface area contributed by atoms with E-state index in [2.05, 4.69) is 12.2 Å². The Morgan fingerprint density at radius 1 is 1.10 bits per heavy atom. The van der Waals surface area contributed by atoms with Crippen LogP contribution in [-0.4, -0.2) is 11.9 Å². The molecule has 0 aromatic rings. The minimum absolute atomic E-state index is 0.0614. The maximum Gasteiger partial charge on any atom is 0.244 e. The molecule has 4 saturated carbocycles. The number of carbonyl (C=O) groups excluding carboxylic acids is 1. The molecule has 2 heteroatoms. The third-order valence-corrected chi connectivity index (χ3v) is 5.91. The number of amides is 1. The number of rotatable bonds is 4. The Kier molecular flexibility index (Phi) is 3.74. The molecule has 1 unspecified atom stereocenters. The SMILES string of the molecule is C/C=C/C=C/C(=O)NC(C)C12CC3CC(CC(C3)C1)C2. The van der Waals surface area contributed by atoms with E-state index in [1.54, 1.807) is 6.08 Å². The van der Waals surface area contributed by atoms with E-state index in [-0.39, 0.29) is 5.91 Å². The van der Waals surface area contributed by atoms with Crippen LogP contribution < -0.4 is 5.32 Å². The molecule has 0 heterocycles. The lowest BCUT2D eigenvalue weighted by Gasteiger charge is -2.59. The first-order valence-electron chi connectivity index (χ1n) is 8.21. The summed E-state index contributed by atoms with van der Waals surface area (Å²) in [7, 11) is 0. The van der Waals surface area contributed by atoms with Crippen molar-refractivity contribution in [2.75, 3.05) is 0 Å². The van der Waals surface area contributed by atoms with Gasteiger partial charge in [0.1, 0.15) is 0 Å². The number of carbonyl (C=O) groups is 1. The molecule has 4 fully saturated rings. The third-order valence-electron chi connectivity index (χ3n) is 5.91. The molecule has 4 aliphatic rings. The zero-order chi connectivity index (χ0) is 14.2. The first-order chi connectivity index (χ1) is 9.61. The quantitative estimate of drug-likeness (QED) is 0.612. The summed E-state index contributed by atoms with van der Waals surface area (Å²) in [4.78, 5) is 12.0. The van der Waals surface area contributed by atoms with E-state index in [0.29, 0.717) is 11.5 Å². The fourth-order valence-corrected chi connectivity index (χ4v) is 5.38. The lowest BCUT2D eigenvalue weighted by molar-refractivity contribution is -0.121. The van der Waals surface area contributed by atoms with Crippen LogP contribution in [0.4, 0.5) is 0 Å². The summed E-state index contributed by atoms with van der Waals surface area (Å²) >= 11 is 0. The molecule has 0 saturated heterocycles. The van der Waals surface area contributed by atoms with Crippen LogP contribution in [0.15, 0.2) is 24.3 Å². The van der Waals surface area contributed by atoms with Crippen LogP contribution in [0.3, 0.4) is 0 Å². The molecule has 0 spiro atoms. The van der Waals surface area contributed by atoms with Crippen molar-refractivity contribution < 1.29 is 4.79 Å². The lowest BCUT2D eigenvalue weighted by Crippen LogP contribution is -2.55.